The Morgan fingerprint density at radius 3 is 2.48 bits per heavy atom. The molecule has 0 aliphatic carbocycles. The molecule has 0 unspecified atom stereocenters. The quantitative estimate of drug-likeness (QED) is 0.312. The molecular weight excluding hydrogens is 438 g/mol. The largest absolute Gasteiger partial charge is 0.493 e. The number of carbonyl (C=O) groups is 2. The van der Waals surface area contributed by atoms with Crippen molar-refractivity contribution in [2.75, 3.05) is 26.1 Å². The van der Waals surface area contributed by atoms with Gasteiger partial charge in [-0.05, 0) is 42.7 Å². The van der Waals surface area contributed by atoms with Crippen LogP contribution in [0.15, 0.2) is 54.6 Å². The molecule has 6 nitrogen and oxygen atoms in total. The molecule has 2 aromatic carbocycles. The van der Waals surface area contributed by atoms with Gasteiger partial charge in [0.15, 0.2) is 11.5 Å². The Kier molecular flexibility index (Phi) is 8.27. The summed E-state index contributed by atoms with van der Waals surface area (Å²) in [4.78, 5) is 26.1. The van der Waals surface area contributed by atoms with Gasteiger partial charge in [-0.3, -0.25) is 4.79 Å². The summed E-state index contributed by atoms with van der Waals surface area (Å²) in [5.74, 6) is 0.405. The van der Waals surface area contributed by atoms with E-state index in [0.29, 0.717) is 28.7 Å². The standard InChI is InChI=1S/C26H27NO5S/c1-5-15-32-20-13-11-18(16-21(20)30-3)12-14-22(28)27-25-24(26(29)31-4)23(17(2)33-25)19-9-7-6-8-10-19/h6-14,16H,5,15H2,1-4H3,(H,27,28). The monoisotopic (exact) mass is 465 g/mol. The summed E-state index contributed by atoms with van der Waals surface area (Å²) in [6, 6.07) is 15.0. The normalized spacial score (nSPS) is 10.8. The number of thiophene rings is 1. The lowest BCUT2D eigenvalue weighted by atomic mass is 10.0. The van der Waals surface area contributed by atoms with E-state index in [2.05, 4.69) is 5.32 Å². The Hall–Kier alpha value is -3.58. The van der Waals surface area contributed by atoms with E-state index >= 15 is 0 Å². The maximum Gasteiger partial charge on any atom is 0.341 e. The highest BCUT2D eigenvalue weighted by Crippen LogP contribution is 2.40. The number of hydrogen-bond acceptors (Lipinski definition) is 6. The molecule has 1 amide bonds. The molecule has 0 spiro atoms. The Morgan fingerprint density at radius 1 is 1.06 bits per heavy atom. The molecule has 0 saturated heterocycles. The summed E-state index contributed by atoms with van der Waals surface area (Å²) < 4.78 is 16.1. The van der Waals surface area contributed by atoms with E-state index in [1.807, 2.05) is 56.3 Å². The summed E-state index contributed by atoms with van der Waals surface area (Å²) >= 11 is 1.34. The third-order valence-corrected chi connectivity index (χ3v) is 5.87. The van der Waals surface area contributed by atoms with Gasteiger partial charge in [0, 0.05) is 16.5 Å². The number of methoxy groups -OCH3 is 2. The minimum atomic E-state index is -0.495. The van der Waals surface area contributed by atoms with E-state index in [-0.39, 0.29) is 5.91 Å². The number of esters is 1. The fraction of sp³-hybridized carbons (Fsp3) is 0.231. The molecule has 1 N–H and O–H groups in total. The van der Waals surface area contributed by atoms with Gasteiger partial charge in [-0.1, -0.05) is 43.3 Å². The molecule has 0 aliphatic rings. The van der Waals surface area contributed by atoms with Crippen LogP contribution in [0.4, 0.5) is 5.00 Å². The summed E-state index contributed by atoms with van der Waals surface area (Å²) in [5, 5.41) is 3.28. The molecule has 3 aromatic rings. The molecular formula is C26H27NO5S. The Bertz CT molecular complexity index is 1150. The van der Waals surface area contributed by atoms with E-state index in [4.69, 9.17) is 14.2 Å². The summed E-state index contributed by atoms with van der Waals surface area (Å²) in [7, 11) is 2.91. The minimum absolute atomic E-state index is 0.354. The molecule has 7 heteroatoms. The summed E-state index contributed by atoms with van der Waals surface area (Å²) in [6.07, 6.45) is 3.99. The lowest BCUT2D eigenvalue weighted by Crippen LogP contribution is -2.11. The average molecular weight is 466 g/mol. The SMILES string of the molecule is CCCOc1ccc(C=CC(=O)Nc2sc(C)c(-c3ccccc3)c2C(=O)OC)cc1OC. The predicted molar refractivity (Wildman–Crippen MR) is 132 cm³/mol. The lowest BCUT2D eigenvalue weighted by Gasteiger charge is -2.10. The van der Waals surface area contributed by atoms with E-state index < -0.39 is 5.97 Å². The van der Waals surface area contributed by atoms with Crippen LogP contribution in [-0.2, 0) is 9.53 Å². The molecule has 1 aromatic heterocycles. The number of anilines is 1. The molecule has 1 heterocycles. The smallest absolute Gasteiger partial charge is 0.341 e. The average Bonchev–Trinajstić information content (AvgIpc) is 3.16. The van der Waals surface area contributed by atoms with E-state index in [1.165, 1.54) is 24.5 Å². The fourth-order valence-electron chi connectivity index (χ4n) is 3.33. The number of nitrogens with one attached hydrogen (secondary N) is 1. The second-order valence-electron chi connectivity index (χ2n) is 7.18. The summed E-state index contributed by atoms with van der Waals surface area (Å²) in [5.41, 5.74) is 2.79. The molecule has 172 valence electrons. The van der Waals surface area contributed by atoms with Gasteiger partial charge in [0.25, 0.3) is 0 Å². The minimum Gasteiger partial charge on any atom is -0.493 e. The van der Waals surface area contributed by atoms with Crippen molar-refractivity contribution >= 4 is 34.3 Å². The van der Waals surface area contributed by atoms with Crippen molar-refractivity contribution in [1.82, 2.24) is 0 Å². The molecule has 0 bridgehead atoms. The lowest BCUT2D eigenvalue weighted by molar-refractivity contribution is -0.111. The predicted octanol–water partition coefficient (Wildman–Crippen LogP) is 5.96. The van der Waals surface area contributed by atoms with Gasteiger partial charge in [-0.15, -0.1) is 11.3 Å². The van der Waals surface area contributed by atoms with Gasteiger partial charge in [0.1, 0.15) is 10.6 Å². The molecule has 0 saturated carbocycles. The molecule has 3 rings (SSSR count). The van der Waals surface area contributed by atoms with Crippen LogP contribution in [0.25, 0.3) is 17.2 Å². The van der Waals surface area contributed by atoms with Crippen molar-refractivity contribution in [3.63, 3.8) is 0 Å². The van der Waals surface area contributed by atoms with Crippen LogP contribution in [0.1, 0.15) is 34.1 Å². The Labute approximate surface area is 197 Å². The van der Waals surface area contributed by atoms with Gasteiger partial charge in [0.2, 0.25) is 5.91 Å². The topological polar surface area (TPSA) is 73.9 Å². The van der Waals surface area contributed by atoms with Crippen molar-refractivity contribution < 1.29 is 23.8 Å². The number of carbonyl (C=O) groups excluding carboxylic acids is 2. The number of hydrogen-bond donors (Lipinski definition) is 1. The van der Waals surface area contributed by atoms with Crippen molar-refractivity contribution in [2.24, 2.45) is 0 Å². The van der Waals surface area contributed by atoms with Gasteiger partial charge < -0.3 is 19.5 Å². The number of amides is 1. The molecule has 0 radical (unpaired) electrons. The van der Waals surface area contributed by atoms with E-state index in [0.717, 1.165) is 28.0 Å². The highest BCUT2D eigenvalue weighted by Gasteiger charge is 2.24. The van der Waals surface area contributed by atoms with Gasteiger partial charge >= 0.3 is 5.97 Å². The van der Waals surface area contributed by atoms with E-state index in [1.54, 1.807) is 19.3 Å². The molecule has 0 fully saturated rings. The third-order valence-electron chi connectivity index (χ3n) is 4.85. The molecule has 0 atom stereocenters. The first-order chi connectivity index (χ1) is 16.0. The first-order valence-electron chi connectivity index (χ1n) is 10.6. The highest BCUT2D eigenvalue weighted by molar-refractivity contribution is 7.17. The number of rotatable bonds is 9. The second kappa shape index (κ2) is 11.3. The van der Waals surface area contributed by atoms with Crippen molar-refractivity contribution in [3.8, 4) is 22.6 Å². The van der Waals surface area contributed by atoms with Crippen LogP contribution in [0.2, 0.25) is 0 Å². The van der Waals surface area contributed by atoms with Crippen LogP contribution in [-0.4, -0.2) is 32.7 Å². The number of benzene rings is 2. The third kappa shape index (κ3) is 5.81. The van der Waals surface area contributed by atoms with Crippen molar-refractivity contribution in [3.05, 3.63) is 70.6 Å². The Balaban J connectivity index is 1.83. The zero-order valence-electron chi connectivity index (χ0n) is 19.1. The maximum atomic E-state index is 12.7. The molecule has 33 heavy (non-hydrogen) atoms. The van der Waals surface area contributed by atoms with Gasteiger partial charge in [-0.2, -0.15) is 0 Å². The Morgan fingerprint density at radius 2 is 1.82 bits per heavy atom. The molecule has 0 aliphatic heterocycles. The van der Waals surface area contributed by atoms with Crippen LogP contribution < -0.4 is 14.8 Å². The summed E-state index contributed by atoms with van der Waals surface area (Å²) in [6.45, 7) is 4.55. The zero-order chi connectivity index (χ0) is 23.8. The first kappa shape index (κ1) is 24.1. The van der Waals surface area contributed by atoms with Crippen LogP contribution in [0.5, 0.6) is 11.5 Å². The van der Waals surface area contributed by atoms with E-state index in [9.17, 15) is 9.59 Å². The fourth-order valence-corrected chi connectivity index (χ4v) is 4.39. The number of ether oxygens (including phenoxy) is 3. The van der Waals surface area contributed by atoms with Crippen molar-refractivity contribution in [1.29, 1.82) is 0 Å². The maximum absolute atomic E-state index is 12.7. The second-order valence-corrected chi connectivity index (χ2v) is 8.40. The van der Waals surface area contributed by atoms with Gasteiger partial charge in [0.05, 0.1) is 20.8 Å². The van der Waals surface area contributed by atoms with Gasteiger partial charge in [-0.25, -0.2) is 4.79 Å². The van der Waals surface area contributed by atoms with Crippen molar-refractivity contribution in [2.45, 2.75) is 20.3 Å². The zero-order valence-corrected chi connectivity index (χ0v) is 20.0. The van der Waals surface area contributed by atoms with Crippen LogP contribution in [0.3, 0.4) is 0 Å². The number of aryl methyl sites for hydroxylation is 1. The van der Waals surface area contributed by atoms with Crippen LogP contribution in [0, 0.1) is 6.92 Å². The van der Waals surface area contributed by atoms with Crippen LogP contribution >= 0.6 is 11.3 Å². The first-order valence-corrected chi connectivity index (χ1v) is 11.4. The highest BCUT2D eigenvalue weighted by atomic mass is 32.1.